The highest BCUT2D eigenvalue weighted by molar-refractivity contribution is 5.89. The molecule has 3 rings (SSSR count). The summed E-state index contributed by atoms with van der Waals surface area (Å²) >= 11 is 0. The molecule has 0 spiro atoms. The molecule has 2 saturated heterocycles. The Hall–Kier alpha value is -1.88. The molecule has 2 heterocycles. The van der Waals surface area contributed by atoms with Crippen LogP contribution in [-0.4, -0.2) is 64.8 Å². The van der Waals surface area contributed by atoms with Crippen molar-refractivity contribution in [3.63, 3.8) is 0 Å². The van der Waals surface area contributed by atoms with E-state index in [-0.39, 0.29) is 23.3 Å². The topological polar surface area (TPSA) is 43.9 Å². The van der Waals surface area contributed by atoms with Crippen molar-refractivity contribution in [3.05, 3.63) is 35.9 Å². The van der Waals surface area contributed by atoms with Crippen LogP contribution in [0.4, 0.5) is 0 Å². The minimum Gasteiger partial charge on any atom is -0.340 e. The molecular weight excluding hydrogens is 314 g/mol. The van der Waals surface area contributed by atoms with Crippen LogP contribution in [0.5, 0.6) is 0 Å². The van der Waals surface area contributed by atoms with Crippen molar-refractivity contribution >= 4 is 11.8 Å². The lowest BCUT2D eigenvalue weighted by Crippen LogP contribution is -2.50. The average molecular weight is 343 g/mol. The molecule has 1 aromatic rings. The number of carbonyl (C=O) groups is 2. The summed E-state index contributed by atoms with van der Waals surface area (Å²) in [6, 6.07) is 10.4. The summed E-state index contributed by atoms with van der Waals surface area (Å²) < 4.78 is 0. The maximum atomic E-state index is 12.8. The number of benzene rings is 1. The fourth-order valence-corrected chi connectivity index (χ4v) is 3.75. The SMILES string of the molecule is CC(C)(C)N1CC(C(=O)N2CCN(Cc3ccccc3)CC2)CC1=O. The summed E-state index contributed by atoms with van der Waals surface area (Å²) in [4.78, 5) is 31.2. The fourth-order valence-electron chi connectivity index (χ4n) is 3.75. The Morgan fingerprint density at radius 3 is 2.28 bits per heavy atom. The predicted molar refractivity (Wildman–Crippen MR) is 97.9 cm³/mol. The van der Waals surface area contributed by atoms with E-state index in [4.69, 9.17) is 0 Å². The first kappa shape index (κ1) is 17.9. The van der Waals surface area contributed by atoms with Gasteiger partial charge in [0.25, 0.3) is 0 Å². The van der Waals surface area contributed by atoms with Crippen LogP contribution in [0.15, 0.2) is 30.3 Å². The Morgan fingerprint density at radius 2 is 1.72 bits per heavy atom. The van der Waals surface area contributed by atoms with Crippen LogP contribution in [0, 0.1) is 5.92 Å². The normalized spacial score (nSPS) is 22.5. The third-order valence-electron chi connectivity index (χ3n) is 5.22. The molecule has 1 atom stereocenters. The van der Waals surface area contributed by atoms with Gasteiger partial charge in [0, 0.05) is 51.2 Å². The molecule has 2 fully saturated rings. The van der Waals surface area contributed by atoms with Crippen molar-refractivity contribution in [1.82, 2.24) is 14.7 Å². The molecule has 2 aliphatic rings. The van der Waals surface area contributed by atoms with Gasteiger partial charge in [-0.2, -0.15) is 0 Å². The van der Waals surface area contributed by atoms with Crippen LogP contribution in [0.1, 0.15) is 32.8 Å². The van der Waals surface area contributed by atoms with Gasteiger partial charge in [-0.05, 0) is 26.3 Å². The lowest BCUT2D eigenvalue weighted by atomic mass is 10.1. The Morgan fingerprint density at radius 1 is 1.08 bits per heavy atom. The Balaban J connectivity index is 1.51. The van der Waals surface area contributed by atoms with E-state index in [1.54, 1.807) is 0 Å². The van der Waals surface area contributed by atoms with Gasteiger partial charge in [0.15, 0.2) is 0 Å². The van der Waals surface area contributed by atoms with E-state index in [1.807, 2.05) is 36.6 Å². The van der Waals surface area contributed by atoms with Crippen molar-refractivity contribution in [3.8, 4) is 0 Å². The number of hydrogen-bond acceptors (Lipinski definition) is 3. The number of amides is 2. The van der Waals surface area contributed by atoms with Gasteiger partial charge in [-0.3, -0.25) is 14.5 Å². The maximum absolute atomic E-state index is 12.8. The van der Waals surface area contributed by atoms with E-state index in [9.17, 15) is 9.59 Å². The summed E-state index contributed by atoms with van der Waals surface area (Å²) in [6.07, 6.45) is 0.361. The number of likely N-dealkylation sites (tertiary alicyclic amines) is 1. The van der Waals surface area contributed by atoms with Crippen molar-refractivity contribution in [2.24, 2.45) is 5.92 Å². The van der Waals surface area contributed by atoms with E-state index in [2.05, 4.69) is 29.2 Å². The minimum atomic E-state index is -0.208. The fraction of sp³-hybridized carbons (Fsp3) is 0.600. The molecule has 5 nitrogen and oxygen atoms in total. The van der Waals surface area contributed by atoms with Gasteiger partial charge < -0.3 is 9.80 Å². The molecule has 0 aliphatic carbocycles. The van der Waals surface area contributed by atoms with Crippen molar-refractivity contribution in [2.75, 3.05) is 32.7 Å². The summed E-state index contributed by atoms with van der Waals surface area (Å²) in [5, 5.41) is 0. The highest BCUT2D eigenvalue weighted by Crippen LogP contribution is 2.27. The summed E-state index contributed by atoms with van der Waals surface area (Å²) in [5.41, 5.74) is 1.10. The molecule has 25 heavy (non-hydrogen) atoms. The van der Waals surface area contributed by atoms with E-state index >= 15 is 0 Å². The Bertz CT molecular complexity index is 616. The summed E-state index contributed by atoms with van der Waals surface area (Å²) in [6.45, 7) is 10.9. The maximum Gasteiger partial charge on any atom is 0.228 e. The average Bonchev–Trinajstić information content (AvgIpc) is 2.98. The Kier molecular flexibility index (Phi) is 5.13. The molecule has 136 valence electrons. The molecule has 2 aliphatic heterocycles. The first-order valence-electron chi connectivity index (χ1n) is 9.20. The summed E-state index contributed by atoms with van der Waals surface area (Å²) in [7, 11) is 0. The summed E-state index contributed by atoms with van der Waals surface area (Å²) in [5.74, 6) is 0.0837. The Labute approximate surface area is 150 Å². The zero-order valence-corrected chi connectivity index (χ0v) is 15.6. The molecule has 5 heteroatoms. The van der Waals surface area contributed by atoms with E-state index in [1.165, 1.54) is 5.56 Å². The van der Waals surface area contributed by atoms with Gasteiger partial charge in [-0.15, -0.1) is 0 Å². The van der Waals surface area contributed by atoms with E-state index in [0.29, 0.717) is 13.0 Å². The monoisotopic (exact) mass is 343 g/mol. The van der Waals surface area contributed by atoms with Gasteiger partial charge in [-0.25, -0.2) is 0 Å². The molecule has 0 bridgehead atoms. The number of nitrogens with zero attached hydrogens (tertiary/aromatic N) is 3. The number of hydrogen-bond donors (Lipinski definition) is 0. The van der Waals surface area contributed by atoms with Crippen LogP contribution >= 0.6 is 0 Å². The molecule has 0 radical (unpaired) electrons. The molecule has 0 saturated carbocycles. The van der Waals surface area contributed by atoms with Gasteiger partial charge >= 0.3 is 0 Å². The predicted octanol–water partition coefficient (Wildman–Crippen LogP) is 1.98. The van der Waals surface area contributed by atoms with Crippen LogP contribution in [0.2, 0.25) is 0 Å². The lowest BCUT2D eigenvalue weighted by molar-refractivity contribution is -0.137. The minimum absolute atomic E-state index is 0.105. The molecule has 1 aromatic carbocycles. The quantitative estimate of drug-likeness (QED) is 0.843. The third-order valence-corrected chi connectivity index (χ3v) is 5.22. The second kappa shape index (κ2) is 7.16. The van der Waals surface area contributed by atoms with E-state index in [0.717, 1.165) is 32.7 Å². The number of piperazine rings is 1. The van der Waals surface area contributed by atoms with Crippen LogP contribution in [0.3, 0.4) is 0 Å². The smallest absolute Gasteiger partial charge is 0.228 e. The van der Waals surface area contributed by atoms with Crippen molar-refractivity contribution < 1.29 is 9.59 Å². The highest BCUT2D eigenvalue weighted by Gasteiger charge is 2.41. The first-order valence-corrected chi connectivity index (χ1v) is 9.20. The third kappa shape index (κ3) is 4.21. The van der Waals surface area contributed by atoms with Crippen molar-refractivity contribution in [1.29, 1.82) is 0 Å². The standard InChI is InChI=1S/C20H29N3O2/c1-20(2,3)23-15-17(13-18(23)24)19(25)22-11-9-21(10-12-22)14-16-7-5-4-6-8-16/h4-8,17H,9-15H2,1-3H3. The number of rotatable bonds is 3. The van der Waals surface area contributed by atoms with Crippen LogP contribution in [0.25, 0.3) is 0 Å². The van der Waals surface area contributed by atoms with Crippen LogP contribution < -0.4 is 0 Å². The molecule has 0 N–H and O–H groups in total. The molecule has 2 amide bonds. The largest absolute Gasteiger partial charge is 0.340 e. The van der Waals surface area contributed by atoms with Gasteiger partial charge in [0.05, 0.1) is 5.92 Å². The number of carbonyl (C=O) groups excluding carboxylic acids is 2. The zero-order valence-electron chi connectivity index (χ0n) is 15.6. The van der Waals surface area contributed by atoms with Crippen LogP contribution in [-0.2, 0) is 16.1 Å². The zero-order chi connectivity index (χ0) is 18.0. The molecule has 1 unspecified atom stereocenters. The highest BCUT2D eigenvalue weighted by atomic mass is 16.2. The molecule has 0 aromatic heterocycles. The molecular formula is C20H29N3O2. The van der Waals surface area contributed by atoms with Gasteiger partial charge in [-0.1, -0.05) is 30.3 Å². The van der Waals surface area contributed by atoms with E-state index < -0.39 is 0 Å². The van der Waals surface area contributed by atoms with Crippen molar-refractivity contribution in [2.45, 2.75) is 39.3 Å². The van der Waals surface area contributed by atoms with Gasteiger partial charge in [0.2, 0.25) is 11.8 Å². The lowest BCUT2D eigenvalue weighted by Gasteiger charge is -2.36. The first-order chi connectivity index (χ1) is 11.8. The second-order valence-corrected chi connectivity index (χ2v) is 8.16. The van der Waals surface area contributed by atoms with Gasteiger partial charge in [0.1, 0.15) is 0 Å². The second-order valence-electron chi connectivity index (χ2n) is 8.16.